The zero-order valence-electron chi connectivity index (χ0n) is 21.2. The van der Waals surface area contributed by atoms with Crippen molar-refractivity contribution in [3.05, 3.63) is 40.9 Å². The summed E-state index contributed by atoms with van der Waals surface area (Å²) < 4.78 is 22.5. The average molecular weight is 497 g/mol. The molecule has 1 spiro atoms. The minimum absolute atomic E-state index is 0. The summed E-state index contributed by atoms with van der Waals surface area (Å²) in [7, 11) is 0. The van der Waals surface area contributed by atoms with Gasteiger partial charge in [-0.2, -0.15) is 5.10 Å². The van der Waals surface area contributed by atoms with E-state index in [1.54, 1.807) is 6.92 Å². The molecule has 7 nitrogen and oxygen atoms in total. The summed E-state index contributed by atoms with van der Waals surface area (Å²) in [4.78, 5) is 19.8. The van der Waals surface area contributed by atoms with Gasteiger partial charge in [0.05, 0.1) is 35.4 Å². The maximum Gasteiger partial charge on any atom is 0.182 e. The first-order chi connectivity index (χ1) is 16.8. The molecule has 0 unspecified atom stereocenters. The Morgan fingerprint density at radius 3 is 2.47 bits per heavy atom. The molecule has 0 N–H and O–H groups in total. The number of halogens is 2. The summed E-state index contributed by atoms with van der Waals surface area (Å²) >= 11 is 0. The van der Waals surface area contributed by atoms with Crippen LogP contribution < -0.4 is 0 Å². The van der Waals surface area contributed by atoms with Gasteiger partial charge in [-0.1, -0.05) is 0 Å². The third kappa shape index (κ3) is 3.99. The molecule has 7 rings (SSSR count). The Bertz CT molecular complexity index is 1300. The van der Waals surface area contributed by atoms with Gasteiger partial charge < -0.3 is 4.74 Å². The smallest absolute Gasteiger partial charge is 0.182 e. The number of rotatable bonds is 4. The molecule has 3 aliphatic carbocycles. The standard InChI is InChI=1S/C27H33FN6O.FH/c1-15-16(2)31-25-23(30-15)22(18-9-27(10-18)13-26(3,28)14-27)32-24(33-25)17-6-7-35-21(8-17)19-11-29-34(12-19)20-4-5-20;/h11-12,17-18,20-21H,4-10,13-14H2,1-3H3;1H/t17-,18?,21+,26?,27?;/m1./s1. The van der Waals surface area contributed by atoms with Crippen molar-refractivity contribution in [3.63, 3.8) is 0 Å². The fourth-order valence-corrected chi connectivity index (χ4v) is 6.92. The molecule has 1 aliphatic heterocycles. The van der Waals surface area contributed by atoms with Crippen molar-refractivity contribution in [3.8, 4) is 0 Å². The van der Waals surface area contributed by atoms with Gasteiger partial charge in [0.25, 0.3) is 0 Å². The zero-order chi connectivity index (χ0) is 23.9. The van der Waals surface area contributed by atoms with Gasteiger partial charge in [-0.05, 0) is 77.6 Å². The first-order valence-electron chi connectivity index (χ1n) is 13.1. The summed E-state index contributed by atoms with van der Waals surface area (Å²) in [5, 5.41) is 4.56. The monoisotopic (exact) mass is 496 g/mol. The lowest BCUT2D eigenvalue weighted by atomic mass is 9.47. The lowest BCUT2D eigenvalue weighted by molar-refractivity contribution is -0.114. The fraction of sp³-hybridized carbons (Fsp3) is 0.667. The van der Waals surface area contributed by atoms with Crippen molar-refractivity contribution in [2.75, 3.05) is 6.61 Å². The maximum atomic E-state index is 14.3. The quantitative estimate of drug-likeness (QED) is 0.458. The molecule has 3 saturated carbocycles. The number of alkyl halides is 1. The predicted molar refractivity (Wildman–Crippen MR) is 131 cm³/mol. The number of fused-ring (bicyclic) bond motifs is 1. The van der Waals surface area contributed by atoms with E-state index >= 15 is 0 Å². The van der Waals surface area contributed by atoms with Crippen molar-refractivity contribution in [1.29, 1.82) is 0 Å². The Morgan fingerprint density at radius 1 is 1.00 bits per heavy atom. The van der Waals surface area contributed by atoms with Gasteiger partial charge in [0.15, 0.2) is 5.65 Å². The first-order valence-corrected chi connectivity index (χ1v) is 13.1. The van der Waals surface area contributed by atoms with E-state index in [-0.39, 0.29) is 22.1 Å². The summed E-state index contributed by atoms with van der Waals surface area (Å²) in [6, 6.07) is 0.566. The van der Waals surface area contributed by atoms with E-state index in [2.05, 4.69) is 16.0 Å². The average Bonchev–Trinajstić information content (AvgIpc) is 3.52. The van der Waals surface area contributed by atoms with Crippen molar-refractivity contribution >= 4 is 11.2 Å². The molecule has 1 saturated heterocycles. The molecular formula is C27H34F2N6O. The molecule has 4 fully saturated rings. The molecule has 9 heteroatoms. The van der Waals surface area contributed by atoms with Crippen LogP contribution in [0.4, 0.5) is 9.09 Å². The normalized spacial score (nSPS) is 33.7. The van der Waals surface area contributed by atoms with E-state index in [4.69, 9.17) is 24.7 Å². The molecule has 0 aromatic carbocycles. The van der Waals surface area contributed by atoms with E-state index in [0.29, 0.717) is 37.1 Å². The Hall–Kier alpha value is -2.55. The van der Waals surface area contributed by atoms with Crippen LogP contribution in [0.1, 0.15) is 111 Å². The molecule has 4 aliphatic rings. The van der Waals surface area contributed by atoms with Gasteiger partial charge in [-0.15, -0.1) is 0 Å². The maximum absolute atomic E-state index is 14.3. The van der Waals surface area contributed by atoms with Crippen LogP contribution >= 0.6 is 0 Å². The number of ether oxygens (including phenoxy) is 1. The fourth-order valence-electron chi connectivity index (χ4n) is 6.92. The van der Waals surface area contributed by atoms with Gasteiger partial charge >= 0.3 is 0 Å². The van der Waals surface area contributed by atoms with Crippen molar-refractivity contribution < 1.29 is 13.8 Å². The lowest BCUT2D eigenvalue weighted by Crippen LogP contribution is -2.53. The van der Waals surface area contributed by atoms with Crippen LogP contribution in [-0.4, -0.2) is 42.0 Å². The summed E-state index contributed by atoms with van der Waals surface area (Å²) in [6.45, 7) is 6.39. The largest absolute Gasteiger partial charge is 0.373 e. The highest BCUT2D eigenvalue weighted by atomic mass is 19.1. The topological polar surface area (TPSA) is 78.6 Å². The van der Waals surface area contributed by atoms with Crippen molar-refractivity contribution in [2.24, 2.45) is 5.41 Å². The minimum atomic E-state index is -0.998. The molecular weight excluding hydrogens is 462 g/mol. The van der Waals surface area contributed by atoms with Gasteiger partial charge in [0.2, 0.25) is 0 Å². The van der Waals surface area contributed by atoms with Gasteiger partial charge in [-0.3, -0.25) is 9.39 Å². The molecule has 0 bridgehead atoms. The molecule has 3 aromatic heterocycles. The third-order valence-corrected chi connectivity index (χ3v) is 8.78. The highest BCUT2D eigenvalue weighted by Crippen LogP contribution is 2.66. The number of aromatic nitrogens is 6. The number of hydrogen-bond acceptors (Lipinski definition) is 6. The first kappa shape index (κ1) is 23.8. The molecule has 192 valence electrons. The summed E-state index contributed by atoms with van der Waals surface area (Å²) in [5.41, 5.74) is 4.67. The van der Waals surface area contributed by atoms with Crippen LogP contribution in [0, 0.1) is 19.3 Å². The van der Waals surface area contributed by atoms with Crippen LogP contribution in [0.5, 0.6) is 0 Å². The highest BCUT2D eigenvalue weighted by Gasteiger charge is 2.59. The minimum Gasteiger partial charge on any atom is -0.373 e. The van der Waals surface area contributed by atoms with Gasteiger partial charge in [-0.25, -0.2) is 24.3 Å². The lowest BCUT2D eigenvalue weighted by Gasteiger charge is -2.59. The summed E-state index contributed by atoms with van der Waals surface area (Å²) in [6.07, 6.45) is 11.6. The number of hydrogen-bond donors (Lipinski definition) is 0. The van der Waals surface area contributed by atoms with E-state index in [0.717, 1.165) is 59.7 Å². The van der Waals surface area contributed by atoms with Crippen LogP contribution in [-0.2, 0) is 4.74 Å². The second-order valence-electron chi connectivity index (χ2n) is 12.0. The van der Waals surface area contributed by atoms with E-state index in [9.17, 15) is 4.39 Å². The van der Waals surface area contributed by atoms with Crippen molar-refractivity contribution in [2.45, 2.75) is 102 Å². The second-order valence-corrected chi connectivity index (χ2v) is 12.0. The Labute approximate surface area is 209 Å². The summed E-state index contributed by atoms with van der Waals surface area (Å²) in [5.74, 6) is 1.37. The predicted octanol–water partition coefficient (Wildman–Crippen LogP) is 5.74. The van der Waals surface area contributed by atoms with E-state index < -0.39 is 5.67 Å². The Kier molecular flexibility index (Phi) is 5.45. The van der Waals surface area contributed by atoms with E-state index in [1.165, 1.54) is 12.8 Å². The Morgan fingerprint density at radius 2 is 1.75 bits per heavy atom. The molecule has 3 aromatic rings. The molecule has 2 atom stereocenters. The van der Waals surface area contributed by atoms with E-state index in [1.807, 2.05) is 20.0 Å². The van der Waals surface area contributed by atoms with Crippen LogP contribution in [0.2, 0.25) is 0 Å². The SMILES string of the molecule is Cc1nc2nc([C@@H]3CCO[C@H](c4cnn(C5CC5)c4)C3)nc(C3CC4(C3)CC(C)(F)C4)c2nc1C.F. The second kappa shape index (κ2) is 8.23. The highest BCUT2D eigenvalue weighted by molar-refractivity contribution is 5.74. The number of aryl methyl sites for hydroxylation is 2. The molecule has 0 amide bonds. The Balaban J connectivity index is 0.00000240. The van der Waals surface area contributed by atoms with Crippen LogP contribution in [0.3, 0.4) is 0 Å². The van der Waals surface area contributed by atoms with Crippen LogP contribution in [0.25, 0.3) is 11.2 Å². The number of nitrogens with zero attached hydrogens (tertiary/aromatic N) is 6. The third-order valence-electron chi connectivity index (χ3n) is 8.78. The molecule has 0 radical (unpaired) electrons. The van der Waals surface area contributed by atoms with Crippen LogP contribution in [0.15, 0.2) is 12.4 Å². The zero-order valence-corrected chi connectivity index (χ0v) is 21.2. The molecule has 4 heterocycles. The van der Waals surface area contributed by atoms with Gasteiger partial charge in [0.1, 0.15) is 17.0 Å². The molecule has 36 heavy (non-hydrogen) atoms. The van der Waals surface area contributed by atoms with Crippen molar-refractivity contribution in [1.82, 2.24) is 29.7 Å². The van der Waals surface area contributed by atoms with Gasteiger partial charge in [0, 0.05) is 30.2 Å².